The van der Waals surface area contributed by atoms with E-state index < -0.39 is 37.1 Å². The number of hydrogen-bond donors (Lipinski definition) is 0. The normalized spacial score (nSPS) is 11.3. The van der Waals surface area contributed by atoms with Crippen LogP contribution in [-0.4, -0.2) is 23.9 Å². The number of carbonyl (C=O) groups is 1. The molecular formula is C11H10F5NO3. The number of hydrogen-bond acceptors (Lipinski definition) is 4. The average molecular weight is 299 g/mol. The van der Waals surface area contributed by atoms with Crippen LogP contribution in [0, 0.1) is 5.95 Å². The van der Waals surface area contributed by atoms with Gasteiger partial charge in [0.1, 0.15) is 6.67 Å². The second kappa shape index (κ2) is 6.49. The first-order chi connectivity index (χ1) is 9.26. The van der Waals surface area contributed by atoms with Crippen molar-refractivity contribution in [2.24, 2.45) is 0 Å². The second-order valence-electron chi connectivity index (χ2n) is 3.55. The maximum atomic E-state index is 13.3. The summed E-state index contributed by atoms with van der Waals surface area (Å²) < 4.78 is 69.9. The fourth-order valence-electron chi connectivity index (χ4n) is 1.36. The number of alkyl halides is 4. The number of aromatic nitrogens is 1. The summed E-state index contributed by atoms with van der Waals surface area (Å²) >= 11 is 0. The van der Waals surface area contributed by atoms with Crippen LogP contribution in [0.3, 0.4) is 0 Å². The molecule has 4 nitrogen and oxygen atoms in total. The number of nitrogens with zero attached hydrogens (tertiary/aromatic N) is 1. The molecule has 0 bridgehead atoms. The van der Waals surface area contributed by atoms with Crippen LogP contribution in [0.4, 0.5) is 22.0 Å². The summed E-state index contributed by atoms with van der Waals surface area (Å²) in [6.07, 6.45) is -5.67. The summed E-state index contributed by atoms with van der Waals surface area (Å²) in [6.45, 7) is 0.361. The number of rotatable bonds is 5. The number of ether oxygens (including phenoxy) is 2. The summed E-state index contributed by atoms with van der Waals surface area (Å²) in [7, 11) is 0. The average Bonchev–Trinajstić information content (AvgIpc) is 2.31. The highest BCUT2D eigenvalue weighted by Crippen LogP contribution is 2.27. The van der Waals surface area contributed by atoms with Crippen molar-refractivity contribution in [2.45, 2.75) is 26.4 Å². The van der Waals surface area contributed by atoms with Gasteiger partial charge in [0.25, 0.3) is 5.95 Å². The largest absolute Gasteiger partial charge is 0.573 e. The first-order valence-corrected chi connectivity index (χ1v) is 5.42. The van der Waals surface area contributed by atoms with E-state index in [1.165, 1.54) is 6.92 Å². The molecule has 0 unspecified atom stereocenters. The molecule has 0 radical (unpaired) electrons. The van der Waals surface area contributed by atoms with E-state index in [0.29, 0.717) is 6.07 Å². The monoisotopic (exact) mass is 299 g/mol. The zero-order valence-corrected chi connectivity index (χ0v) is 10.3. The lowest BCUT2D eigenvalue weighted by molar-refractivity contribution is -0.275. The topological polar surface area (TPSA) is 48.4 Å². The molecule has 1 rings (SSSR count). The van der Waals surface area contributed by atoms with Gasteiger partial charge in [-0.2, -0.15) is 4.39 Å². The third-order valence-corrected chi connectivity index (χ3v) is 2.10. The van der Waals surface area contributed by atoms with Gasteiger partial charge in [0.15, 0.2) is 5.75 Å². The molecule has 112 valence electrons. The zero-order valence-electron chi connectivity index (χ0n) is 10.3. The quantitative estimate of drug-likeness (QED) is 0.476. The van der Waals surface area contributed by atoms with Crippen molar-refractivity contribution in [1.29, 1.82) is 0 Å². The molecule has 0 atom stereocenters. The minimum Gasteiger partial charge on any atom is -0.466 e. The van der Waals surface area contributed by atoms with Crippen molar-refractivity contribution in [3.8, 4) is 5.75 Å². The van der Waals surface area contributed by atoms with Crippen molar-refractivity contribution in [2.75, 3.05) is 6.61 Å². The Kier molecular flexibility index (Phi) is 5.23. The van der Waals surface area contributed by atoms with Crippen LogP contribution in [0.2, 0.25) is 0 Å². The molecule has 0 aliphatic rings. The van der Waals surface area contributed by atoms with Gasteiger partial charge in [-0.25, -0.2) is 9.37 Å². The number of halogens is 5. The predicted molar refractivity (Wildman–Crippen MR) is 56.0 cm³/mol. The standard InChI is InChI=1S/C11H10F5NO3/c1-2-19-9(18)4-7-6(5-12)3-8(10(13)17-7)20-11(14,15)16/h3H,2,4-5H2,1H3. The Labute approximate surface area is 110 Å². The Bertz CT molecular complexity index is 490. The molecule has 0 saturated heterocycles. The van der Waals surface area contributed by atoms with Crippen LogP contribution in [0.25, 0.3) is 0 Å². The van der Waals surface area contributed by atoms with Crippen molar-refractivity contribution < 1.29 is 36.2 Å². The van der Waals surface area contributed by atoms with E-state index in [-0.39, 0.29) is 17.9 Å². The predicted octanol–water partition coefficient (Wildman–Crippen LogP) is 2.69. The molecule has 0 saturated carbocycles. The highest BCUT2D eigenvalue weighted by atomic mass is 19.4. The minimum absolute atomic E-state index is 0.0571. The first-order valence-electron chi connectivity index (χ1n) is 5.42. The van der Waals surface area contributed by atoms with Gasteiger partial charge in [-0.05, 0) is 13.0 Å². The smallest absolute Gasteiger partial charge is 0.466 e. The fourth-order valence-corrected chi connectivity index (χ4v) is 1.36. The second-order valence-corrected chi connectivity index (χ2v) is 3.55. The lowest BCUT2D eigenvalue weighted by atomic mass is 10.1. The number of pyridine rings is 1. The van der Waals surface area contributed by atoms with Crippen LogP contribution >= 0.6 is 0 Å². The van der Waals surface area contributed by atoms with Gasteiger partial charge in [-0.1, -0.05) is 0 Å². The Morgan fingerprint density at radius 2 is 2.05 bits per heavy atom. The maximum absolute atomic E-state index is 13.3. The molecule has 1 aromatic heterocycles. The molecule has 0 N–H and O–H groups in total. The van der Waals surface area contributed by atoms with Crippen LogP contribution in [0.15, 0.2) is 6.07 Å². The van der Waals surface area contributed by atoms with Gasteiger partial charge < -0.3 is 9.47 Å². The van der Waals surface area contributed by atoms with E-state index in [1.807, 2.05) is 0 Å². The van der Waals surface area contributed by atoms with E-state index in [1.54, 1.807) is 0 Å². The van der Waals surface area contributed by atoms with E-state index in [2.05, 4.69) is 14.5 Å². The van der Waals surface area contributed by atoms with Crippen molar-refractivity contribution in [3.63, 3.8) is 0 Å². The Morgan fingerprint density at radius 3 is 2.55 bits per heavy atom. The molecule has 0 amide bonds. The number of esters is 1. The van der Waals surface area contributed by atoms with E-state index in [4.69, 9.17) is 0 Å². The van der Waals surface area contributed by atoms with Crippen LogP contribution in [0.1, 0.15) is 18.2 Å². The molecule has 9 heteroatoms. The van der Waals surface area contributed by atoms with E-state index in [0.717, 1.165) is 0 Å². The summed E-state index contributed by atoms with van der Waals surface area (Å²) in [5.41, 5.74) is -0.711. The molecular weight excluding hydrogens is 289 g/mol. The molecule has 1 aromatic rings. The third kappa shape index (κ3) is 4.63. The SMILES string of the molecule is CCOC(=O)Cc1nc(F)c(OC(F)(F)F)cc1CF. The van der Waals surface area contributed by atoms with Gasteiger partial charge in [0, 0.05) is 5.56 Å². The van der Waals surface area contributed by atoms with Gasteiger partial charge in [-0.3, -0.25) is 4.79 Å². The minimum atomic E-state index is -5.13. The summed E-state index contributed by atoms with van der Waals surface area (Å²) in [6, 6.07) is 0.518. The Balaban J connectivity index is 3.04. The fraction of sp³-hybridized carbons (Fsp3) is 0.455. The molecule has 20 heavy (non-hydrogen) atoms. The van der Waals surface area contributed by atoms with Gasteiger partial charge in [0.2, 0.25) is 0 Å². The van der Waals surface area contributed by atoms with E-state index in [9.17, 15) is 26.7 Å². The molecule has 1 heterocycles. The van der Waals surface area contributed by atoms with Crippen LogP contribution < -0.4 is 4.74 Å². The van der Waals surface area contributed by atoms with Gasteiger partial charge in [0.05, 0.1) is 18.7 Å². The molecule has 0 fully saturated rings. The van der Waals surface area contributed by atoms with Crippen LogP contribution in [0.5, 0.6) is 5.75 Å². The lowest BCUT2D eigenvalue weighted by Gasteiger charge is -2.12. The highest BCUT2D eigenvalue weighted by molar-refractivity contribution is 5.72. The number of carbonyl (C=O) groups excluding carboxylic acids is 1. The molecule has 0 aromatic carbocycles. The lowest BCUT2D eigenvalue weighted by Crippen LogP contribution is -2.19. The highest BCUT2D eigenvalue weighted by Gasteiger charge is 2.33. The van der Waals surface area contributed by atoms with Crippen molar-refractivity contribution in [1.82, 2.24) is 4.98 Å². The molecule has 0 aliphatic heterocycles. The Hall–Kier alpha value is -1.93. The maximum Gasteiger partial charge on any atom is 0.573 e. The molecule has 0 spiro atoms. The van der Waals surface area contributed by atoms with Crippen molar-refractivity contribution in [3.05, 3.63) is 23.3 Å². The summed E-state index contributed by atoms with van der Waals surface area (Å²) in [4.78, 5) is 14.3. The summed E-state index contributed by atoms with van der Waals surface area (Å²) in [5, 5.41) is 0. The zero-order chi connectivity index (χ0) is 15.3. The summed E-state index contributed by atoms with van der Waals surface area (Å²) in [5.74, 6) is -3.63. The third-order valence-electron chi connectivity index (χ3n) is 2.10. The van der Waals surface area contributed by atoms with Crippen molar-refractivity contribution >= 4 is 5.97 Å². The van der Waals surface area contributed by atoms with Crippen LogP contribution in [-0.2, 0) is 22.6 Å². The first kappa shape index (κ1) is 16.1. The van der Waals surface area contributed by atoms with Gasteiger partial charge >= 0.3 is 12.3 Å². The van der Waals surface area contributed by atoms with Gasteiger partial charge in [-0.15, -0.1) is 13.2 Å². The molecule has 0 aliphatic carbocycles. The Morgan fingerprint density at radius 1 is 1.40 bits per heavy atom. The van der Waals surface area contributed by atoms with E-state index >= 15 is 0 Å².